The van der Waals surface area contributed by atoms with Crippen LogP contribution in [0.4, 0.5) is 4.79 Å². The first-order valence-corrected chi connectivity index (χ1v) is 10.7. The minimum atomic E-state index is -0.857. The van der Waals surface area contributed by atoms with E-state index in [1.165, 1.54) is 4.90 Å². The van der Waals surface area contributed by atoms with Crippen molar-refractivity contribution in [2.45, 2.75) is 91.5 Å². The number of alkyl carbamates (subject to hydrolysis) is 1. The first-order chi connectivity index (χ1) is 13.8. The number of hydrogen-bond donors (Lipinski definition) is 3. The van der Waals surface area contributed by atoms with Gasteiger partial charge >= 0.3 is 6.09 Å². The molecule has 4 atom stereocenters. The largest absolute Gasteiger partial charge is 0.444 e. The molecule has 1 aliphatic rings. The van der Waals surface area contributed by atoms with Crippen molar-refractivity contribution in [2.75, 3.05) is 6.54 Å². The molecular weight excluding hydrogens is 388 g/mol. The molecule has 1 aliphatic heterocycles. The summed E-state index contributed by atoms with van der Waals surface area (Å²) in [6, 6.07) is -2.34. The Morgan fingerprint density at radius 2 is 1.70 bits per heavy atom. The predicted octanol–water partition coefficient (Wildman–Crippen LogP) is 1.54. The van der Waals surface area contributed by atoms with Gasteiger partial charge in [0.05, 0.1) is 0 Å². The Kier molecular flexibility index (Phi) is 9.11. The summed E-state index contributed by atoms with van der Waals surface area (Å²) in [5.74, 6) is -1.73. The Morgan fingerprint density at radius 1 is 1.10 bits per heavy atom. The van der Waals surface area contributed by atoms with Gasteiger partial charge in [-0.15, -0.1) is 0 Å². The molecule has 9 nitrogen and oxygen atoms in total. The van der Waals surface area contributed by atoms with Crippen LogP contribution in [0.1, 0.15) is 67.7 Å². The van der Waals surface area contributed by atoms with Crippen LogP contribution in [0.25, 0.3) is 0 Å². The van der Waals surface area contributed by atoms with E-state index in [0.717, 1.165) is 0 Å². The summed E-state index contributed by atoms with van der Waals surface area (Å²) in [5.41, 5.74) is 4.74. The number of nitrogens with zero attached hydrogens (tertiary/aromatic N) is 1. The Hall–Kier alpha value is -2.32. The number of carbonyl (C=O) groups excluding carboxylic acids is 4. The zero-order valence-corrected chi connectivity index (χ0v) is 19.3. The van der Waals surface area contributed by atoms with E-state index in [-0.39, 0.29) is 17.7 Å². The number of nitrogens with one attached hydrogen (secondary N) is 2. The summed E-state index contributed by atoms with van der Waals surface area (Å²) in [5, 5.41) is 5.42. The molecule has 0 aromatic carbocycles. The first-order valence-electron chi connectivity index (χ1n) is 10.7. The van der Waals surface area contributed by atoms with E-state index in [9.17, 15) is 19.2 Å². The summed E-state index contributed by atoms with van der Waals surface area (Å²) in [7, 11) is 0. The second-order valence-electron chi connectivity index (χ2n) is 9.33. The smallest absolute Gasteiger partial charge is 0.408 e. The third-order valence-electron chi connectivity index (χ3n) is 5.26. The highest BCUT2D eigenvalue weighted by atomic mass is 16.6. The fraction of sp³-hybridized carbons (Fsp3) is 0.810. The zero-order chi connectivity index (χ0) is 23.2. The molecule has 4 amide bonds. The minimum Gasteiger partial charge on any atom is -0.444 e. The van der Waals surface area contributed by atoms with E-state index in [1.54, 1.807) is 20.8 Å². The second-order valence-corrected chi connectivity index (χ2v) is 9.33. The molecule has 1 saturated heterocycles. The van der Waals surface area contributed by atoms with Crippen LogP contribution in [-0.4, -0.2) is 59.0 Å². The number of likely N-dealkylation sites (tertiary alicyclic amines) is 1. The molecule has 30 heavy (non-hydrogen) atoms. The van der Waals surface area contributed by atoms with Crippen molar-refractivity contribution in [1.29, 1.82) is 0 Å². The van der Waals surface area contributed by atoms with Gasteiger partial charge in [-0.05, 0) is 45.4 Å². The van der Waals surface area contributed by atoms with Crippen LogP contribution in [0.3, 0.4) is 0 Å². The maximum atomic E-state index is 13.1. The average Bonchev–Trinajstić information content (AvgIpc) is 3.11. The van der Waals surface area contributed by atoms with Gasteiger partial charge in [0.15, 0.2) is 0 Å². The van der Waals surface area contributed by atoms with Gasteiger partial charge in [-0.1, -0.05) is 34.1 Å². The van der Waals surface area contributed by atoms with Gasteiger partial charge in [0.1, 0.15) is 23.7 Å². The molecular formula is C21H38N4O5. The van der Waals surface area contributed by atoms with Crippen molar-refractivity contribution in [3.63, 3.8) is 0 Å². The van der Waals surface area contributed by atoms with E-state index >= 15 is 0 Å². The maximum absolute atomic E-state index is 13.1. The Bertz CT molecular complexity index is 644. The van der Waals surface area contributed by atoms with Crippen LogP contribution in [0.5, 0.6) is 0 Å². The molecule has 0 saturated carbocycles. The highest BCUT2D eigenvalue weighted by Crippen LogP contribution is 2.20. The Labute approximate surface area is 179 Å². The lowest BCUT2D eigenvalue weighted by Crippen LogP contribution is -2.59. The fourth-order valence-corrected chi connectivity index (χ4v) is 3.40. The summed E-state index contributed by atoms with van der Waals surface area (Å²) < 4.78 is 5.28. The summed E-state index contributed by atoms with van der Waals surface area (Å²) in [6.45, 7) is 13.0. The molecule has 0 radical (unpaired) electrons. The van der Waals surface area contributed by atoms with Gasteiger partial charge in [-0.3, -0.25) is 14.4 Å². The van der Waals surface area contributed by atoms with E-state index in [4.69, 9.17) is 10.5 Å². The topological polar surface area (TPSA) is 131 Å². The van der Waals surface area contributed by atoms with Crippen molar-refractivity contribution in [2.24, 2.45) is 17.6 Å². The fourth-order valence-electron chi connectivity index (χ4n) is 3.40. The molecule has 9 heteroatoms. The van der Waals surface area contributed by atoms with Gasteiger partial charge in [-0.2, -0.15) is 0 Å². The number of hydrogen-bond acceptors (Lipinski definition) is 5. The van der Waals surface area contributed by atoms with E-state index in [2.05, 4.69) is 10.6 Å². The van der Waals surface area contributed by atoms with Crippen molar-refractivity contribution >= 4 is 23.8 Å². The number of rotatable bonds is 8. The quantitative estimate of drug-likeness (QED) is 0.542. The lowest BCUT2D eigenvalue weighted by molar-refractivity contribution is -0.142. The van der Waals surface area contributed by atoms with Crippen LogP contribution < -0.4 is 16.4 Å². The standard InChI is InChI=1S/C21H38N4O5/c1-8-13(4)16(24-20(29)30-21(5,6)7)18(27)23-15(12(2)3)19(28)25-11-9-10-14(25)17(22)26/h12-16H,8-11H2,1-7H3,(H2,22,26)(H,23,27)(H,24,29)/t13-,14-,15-,16-/m0/s1. The van der Waals surface area contributed by atoms with Gasteiger partial charge in [0.2, 0.25) is 17.7 Å². The first kappa shape index (κ1) is 25.7. The van der Waals surface area contributed by atoms with Crippen LogP contribution >= 0.6 is 0 Å². The third kappa shape index (κ3) is 7.18. The highest BCUT2D eigenvalue weighted by molar-refractivity contribution is 5.94. The lowest BCUT2D eigenvalue weighted by Gasteiger charge is -2.32. The minimum absolute atomic E-state index is 0.175. The van der Waals surface area contributed by atoms with Crippen LogP contribution in [0.2, 0.25) is 0 Å². The summed E-state index contributed by atoms with van der Waals surface area (Å²) >= 11 is 0. The normalized spacial score (nSPS) is 19.7. The van der Waals surface area contributed by atoms with E-state index < -0.39 is 41.6 Å². The molecule has 0 spiro atoms. The molecule has 0 bridgehead atoms. The van der Waals surface area contributed by atoms with Crippen molar-refractivity contribution < 1.29 is 23.9 Å². The molecule has 1 rings (SSSR count). The maximum Gasteiger partial charge on any atom is 0.408 e. The lowest BCUT2D eigenvalue weighted by atomic mass is 9.96. The summed E-state index contributed by atoms with van der Waals surface area (Å²) in [6.07, 6.45) is 1.16. The number of amides is 4. The second kappa shape index (κ2) is 10.6. The van der Waals surface area contributed by atoms with Gasteiger partial charge in [-0.25, -0.2) is 4.79 Å². The number of primary amides is 1. The Morgan fingerprint density at radius 3 is 2.17 bits per heavy atom. The highest BCUT2D eigenvalue weighted by Gasteiger charge is 2.39. The zero-order valence-electron chi connectivity index (χ0n) is 19.3. The van der Waals surface area contributed by atoms with Crippen molar-refractivity contribution in [3.8, 4) is 0 Å². The van der Waals surface area contributed by atoms with Crippen molar-refractivity contribution in [3.05, 3.63) is 0 Å². The van der Waals surface area contributed by atoms with Crippen molar-refractivity contribution in [1.82, 2.24) is 15.5 Å². The molecule has 1 heterocycles. The molecule has 0 aromatic rings. The van der Waals surface area contributed by atoms with Crippen LogP contribution in [-0.2, 0) is 19.1 Å². The van der Waals surface area contributed by atoms with E-state index in [0.29, 0.717) is 25.8 Å². The van der Waals surface area contributed by atoms with E-state index in [1.807, 2.05) is 27.7 Å². The molecule has 0 aromatic heterocycles. The van der Waals surface area contributed by atoms with Gasteiger partial charge in [0.25, 0.3) is 0 Å². The number of ether oxygens (including phenoxy) is 1. The monoisotopic (exact) mass is 426 g/mol. The molecule has 4 N–H and O–H groups in total. The number of carbonyl (C=O) groups is 4. The molecule has 0 aliphatic carbocycles. The summed E-state index contributed by atoms with van der Waals surface area (Å²) in [4.78, 5) is 51.5. The SMILES string of the molecule is CC[C@H](C)[C@H](NC(=O)OC(C)(C)C)C(=O)N[C@H](C(=O)N1CCC[C@H]1C(N)=O)C(C)C. The van der Waals surface area contributed by atoms with Crippen LogP contribution in [0, 0.1) is 11.8 Å². The molecule has 0 unspecified atom stereocenters. The third-order valence-corrected chi connectivity index (χ3v) is 5.26. The average molecular weight is 427 g/mol. The van der Waals surface area contributed by atoms with Gasteiger partial charge < -0.3 is 26.0 Å². The Balaban J connectivity index is 2.98. The number of nitrogens with two attached hydrogens (primary N) is 1. The molecule has 172 valence electrons. The van der Waals surface area contributed by atoms with Gasteiger partial charge in [0, 0.05) is 6.54 Å². The molecule has 1 fully saturated rings. The predicted molar refractivity (Wildman–Crippen MR) is 113 cm³/mol. The van der Waals surface area contributed by atoms with Crippen LogP contribution in [0.15, 0.2) is 0 Å².